The van der Waals surface area contributed by atoms with E-state index in [4.69, 9.17) is 0 Å². The maximum atomic E-state index is 4.30. The van der Waals surface area contributed by atoms with Crippen LogP contribution in [0.25, 0.3) is 6.08 Å². The first kappa shape index (κ1) is 22.8. The van der Waals surface area contributed by atoms with E-state index in [2.05, 4.69) is 138 Å². The van der Waals surface area contributed by atoms with Gasteiger partial charge < -0.3 is 4.98 Å². The molecule has 2 heteroatoms. The molecular formula is C30H37NSi. The number of allylic oxidation sites excluding steroid dienone is 1. The molecule has 166 valence electrons. The van der Waals surface area contributed by atoms with Crippen molar-refractivity contribution in [1.82, 2.24) is 4.98 Å². The van der Waals surface area contributed by atoms with Crippen LogP contribution >= 0.6 is 0 Å². The zero-order valence-electron chi connectivity index (χ0n) is 20.4. The monoisotopic (exact) mass is 439 g/mol. The van der Waals surface area contributed by atoms with Crippen LogP contribution in [0.2, 0.25) is 0 Å². The van der Waals surface area contributed by atoms with Gasteiger partial charge in [0.15, 0.2) is 0 Å². The van der Waals surface area contributed by atoms with E-state index >= 15 is 0 Å². The molecule has 0 bridgehead atoms. The molecule has 0 saturated heterocycles. The molecular weight excluding hydrogens is 402 g/mol. The van der Waals surface area contributed by atoms with Gasteiger partial charge in [0, 0.05) is 11.1 Å². The second-order valence-corrected chi connectivity index (χ2v) is 15.0. The van der Waals surface area contributed by atoms with Gasteiger partial charge in [0.05, 0.1) is 0 Å². The van der Waals surface area contributed by atoms with E-state index in [9.17, 15) is 0 Å². The van der Waals surface area contributed by atoms with Crippen LogP contribution in [-0.2, 0) is 0 Å². The van der Waals surface area contributed by atoms with Crippen LogP contribution in [0.1, 0.15) is 64.6 Å². The van der Waals surface area contributed by atoms with Crippen molar-refractivity contribution in [2.45, 2.75) is 59.0 Å². The zero-order chi connectivity index (χ0) is 23.0. The summed E-state index contributed by atoms with van der Waals surface area (Å²) in [4.78, 5) is 4.30. The molecule has 0 radical (unpaired) electrons. The van der Waals surface area contributed by atoms with Crippen molar-refractivity contribution < 1.29 is 0 Å². The largest absolute Gasteiger partial charge is 0.325 e. The van der Waals surface area contributed by atoms with Gasteiger partial charge in [0.1, 0.15) is 0 Å². The fourth-order valence-electron chi connectivity index (χ4n) is 5.37. The predicted octanol–water partition coefficient (Wildman–Crippen LogP) is 6.29. The van der Waals surface area contributed by atoms with Crippen molar-refractivity contribution in [2.24, 2.45) is 5.41 Å². The summed E-state index contributed by atoms with van der Waals surface area (Å²) in [7, 11) is -2.48. The number of fused-ring (bicyclic) bond motifs is 1. The van der Waals surface area contributed by atoms with Crippen molar-refractivity contribution in [3.63, 3.8) is 0 Å². The predicted molar refractivity (Wildman–Crippen MR) is 142 cm³/mol. The molecule has 32 heavy (non-hydrogen) atoms. The lowest BCUT2D eigenvalue weighted by molar-refractivity contribution is 0.406. The normalized spacial score (nSPS) is 16.6. The van der Waals surface area contributed by atoms with E-state index in [1.807, 2.05) is 0 Å². The summed E-state index contributed by atoms with van der Waals surface area (Å²) >= 11 is 0. The first-order valence-electron chi connectivity index (χ1n) is 11.8. The minimum atomic E-state index is -2.48. The summed E-state index contributed by atoms with van der Waals surface area (Å²) < 4.78 is 0. The fourth-order valence-corrected chi connectivity index (χ4v) is 10.9. The third-order valence-corrected chi connectivity index (χ3v) is 11.4. The Morgan fingerprint density at radius 2 is 1.19 bits per heavy atom. The minimum Gasteiger partial charge on any atom is -0.325 e. The van der Waals surface area contributed by atoms with Gasteiger partial charge in [-0.15, -0.1) is 0 Å². The molecule has 0 aromatic heterocycles. The highest BCUT2D eigenvalue weighted by Gasteiger charge is 2.51. The van der Waals surface area contributed by atoms with Crippen LogP contribution in [0, 0.1) is 5.41 Å². The Morgan fingerprint density at radius 3 is 1.69 bits per heavy atom. The van der Waals surface area contributed by atoms with Gasteiger partial charge in [-0.1, -0.05) is 117 Å². The number of hydrogen-bond donors (Lipinski definition) is 1. The lowest BCUT2D eigenvalue weighted by Gasteiger charge is -2.45. The average molecular weight is 440 g/mol. The van der Waals surface area contributed by atoms with E-state index in [-0.39, 0.29) is 11.0 Å². The van der Waals surface area contributed by atoms with Crippen LogP contribution in [0.15, 0.2) is 90.5 Å². The number of rotatable bonds is 5. The molecule has 0 saturated carbocycles. The maximum Gasteiger partial charge on any atom is 0.202 e. The Balaban J connectivity index is 2.05. The van der Waals surface area contributed by atoms with Crippen molar-refractivity contribution in [2.75, 3.05) is 0 Å². The van der Waals surface area contributed by atoms with Gasteiger partial charge in [0.25, 0.3) is 0 Å². The molecule has 1 atom stereocenters. The standard InChI is InChI=1S/C30H37NSi/c1-29(2,3)22-24-21-23-15-13-14-20-27(23)28(24)32(31-30(4,5)6,25-16-9-7-10-17-25)26-18-11-8-12-19-26/h7-21,28,31H,22H2,1-6H3. The second-order valence-electron chi connectivity index (χ2n) is 11.4. The van der Waals surface area contributed by atoms with Crippen molar-refractivity contribution in [1.29, 1.82) is 0 Å². The van der Waals surface area contributed by atoms with E-state index in [1.54, 1.807) is 5.57 Å². The third-order valence-electron chi connectivity index (χ3n) is 6.22. The molecule has 1 N–H and O–H groups in total. The smallest absolute Gasteiger partial charge is 0.202 e. The fraction of sp³-hybridized carbons (Fsp3) is 0.333. The second kappa shape index (κ2) is 8.50. The molecule has 0 spiro atoms. The van der Waals surface area contributed by atoms with E-state index in [0.717, 1.165) is 6.42 Å². The van der Waals surface area contributed by atoms with Gasteiger partial charge in [0.2, 0.25) is 8.24 Å². The summed E-state index contributed by atoms with van der Waals surface area (Å²) in [6, 6.07) is 31.6. The van der Waals surface area contributed by atoms with Gasteiger partial charge >= 0.3 is 0 Å². The molecule has 1 unspecified atom stereocenters. The Labute approximate surface area is 195 Å². The topological polar surface area (TPSA) is 12.0 Å². The van der Waals surface area contributed by atoms with Crippen LogP contribution in [-0.4, -0.2) is 13.8 Å². The summed E-state index contributed by atoms with van der Waals surface area (Å²) in [5.74, 6) is 0. The summed E-state index contributed by atoms with van der Waals surface area (Å²) in [6.45, 7) is 14.0. The first-order valence-corrected chi connectivity index (χ1v) is 13.9. The zero-order valence-corrected chi connectivity index (χ0v) is 21.4. The molecule has 0 amide bonds. The molecule has 1 aliphatic carbocycles. The maximum absolute atomic E-state index is 4.30. The Kier molecular flexibility index (Phi) is 6.04. The van der Waals surface area contributed by atoms with Gasteiger partial charge in [-0.2, -0.15) is 0 Å². The van der Waals surface area contributed by atoms with Gasteiger partial charge in [-0.05, 0) is 54.1 Å². The van der Waals surface area contributed by atoms with E-state index < -0.39 is 8.24 Å². The molecule has 3 aromatic carbocycles. The molecule has 1 nitrogen and oxygen atoms in total. The van der Waals surface area contributed by atoms with Gasteiger partial charge in [-0.25, -0.2) is 0 Å². The van der Waals surface area contributed by atoms with E-state index in [1.165, 1.54) is 21.5 Å². The van der Waals surface area contributed by atoms with Crippen LogP contribution in [0.4, 0.5) is 0 Å². The lowest BCUT2D eigenvalue weighted by Crippen LogP contribution is -2.76. The lowest BCUT2D eigenvalue weighted by atomic mass is 9.87. The molecule has 4 rings (SSSR count). The molecule has 0 aliphatic heterocycles. The molecule has 1 aliphatic rings. The molecule has 3 aromatic rings. The van der Waals surface area contributed by atoms with Crippen molar-refractivity contribution in [3.05, 3.63) is 102 Å². The summed E-state index contributed by atoms with van der Waals surface area (Å²) in [5.41, 5.74) is 4.97. The van der Waals surface area contributed by atoms with Crippen LogP contribution < -0.4 is 15.4 Å². The number of benzene rings is 3. The van der Waals surface area contributed by atoms with Crippen molar-refractivity contribution in [3.8, 4) is 0 Å². The SMILES string of the molecule is CC(C)(C)CC1=Cc2ccccc2C1[Si](NC(C)(C)C)(c1ccccc1)c1ccccc1. The highest BCUT2D eigenvalue weighted by Crippen LogP contribution is 2.46. The highest BCUT2D eigenvalue weighted by molar-refractivity contribution is 7.02. The molecule has 0 fully saturated rings. The van der Waals surface area contributed by atoms with E-state index in [0.29, 0.717) is 5.54 Å². The first-order chi connectivity index (χ1) is 15.1. The number of hydrogen-bond acceptors (Lipinski definition) is 1. The Morgan fingerprint density at radius 1 is 0.688 bits per heavy atom. The van der Waals surface area contributed by atoms with Crippen LogP contribution in [0.3, 0.4) is 0 Å². The average Bonchev–Trinajstić information content (AvgIpc) is 3.09. The van der Waals surface area contributed by atoms with Gasteiger partial charge in [-0.3, -0.25) is 0 Å². The highest BCUT2D eigenvalue weighted by atomic mass is 28.3. The summed E-state index contributed by atoms with van der Waals surface area (Å²) in [6.07, 6.45) is 3.58. The number of nitrogens with one attached hydrogen (secondary N) is 1. The Hall–Kier alpha value is -2.42. The van der Waals surface area contributed by atoms with Crippen molar-refractivity contribution >= 4 is 24.7 Å². The van der Waals surface area contributed by atoms with Crippen LogP contribution in [0.5, 0.6) is 0 Å². The third kappa shape index (κ3) is 4.53. The minimum absolute atomic E-state index is 0.0255. The quantitative estimate of drug-likeness (QED) is 0.461. The summed E-state index contributed by atoms with van der Waals surface area (Å²) in [5, 5.41) is 2.89. The molecule has 0 heterocycles. The Bertz CT molecular complexity index is 1050.